The van der Waals surface area contributed by atoms with Crippen molar-refractivity contribution in [3.63, 3.8) is 0 Å². The molecule has 0 aliphatic rings. The molecule has 1 N–H and O–H groups in total. The van der Waals surface area contributed by atoms with Crippen LogP contribution >= 0.6 is 0 Å². The van der Waals surface area contributed by atoms with Crippen LogP contribution in [-0.4, -0.2) is 23.5 Å². The zero-order valence-corrected chi connectivity index (χ0v) is 11.2. The van der Waals surface area contributed by atoms with E-state index in [1.54, 1.807) is 42.5 Å². The molecular formula is C17H14O4. The van der Waals surface area contributed by atoms with Crippen molar-refractivity contribution in [3.05, 3.63) is 71.8 Å². The molecule has 0 amide bonds. The highest BCUT2D eigenvalue weighted by Gasteiger charge is 2.00. The van der Waals surface area contributed by atoms with Gasteiger partial charge in [0.25, 0.3) is 0 Å². The van der Waals surface area contributed by atoms with Crippen LogP contribution in [0.1, 0.15) is 15.9 Å². The number of carbonyl (C=O) groups excluding carboxylic acids is 1. The molecule has 0 aliphatic carbocycles. The molecule has 0 spiro atoms. The molecule has 4 nitrogen and oxygen atoms in total. The average molecular weight is 282 g/mol. The summed E-state index contributed by atoms with van der Waals surface area (Å²) < 4.78 is 5.03. The van der Waals surface area contributed by atoms with Gasteiger partial charge in [0.15, 0.2) is 12.4 Å². The Hall–Kier alpha value is -2.88. The van der Waals surface area contributed by atoms with E-state index in [9.17, 15) is 9.59 Å². The van der Waals surface area contributed by atoms with Crippen LogP contribution in [0.3, 0.4) is 0 Å². The van der Waals surface area contributed by atoms with E-state index in [-0.39, 0.29) is 12.4 Å². The largest absolute Gasteiger partial charge is 0.482 e. The predicted molar refractivity (Wildman–Crippen MR) is 79.4 cm³/mol. The fourth-order valence-electron chi connectivity index (χ4n) is 1.69. The lowest BCUT2D eigenvalue weighted by Crippen LogP contribution is -2.09. The van der Waals surface area contributed by atoms with Crippen molar-refractivity contribution in [1.29, 1.82) is 0 Å². The maximum Gasteiger partial charge on any atom is 0.341 e. The second-order valence-corrected chi connectivity index (χ2v) is 4.32. The van der Waals surface area contributed by atoms with Crippen molar-refractivity contribution in [1.82, 2.24) is 0 Å². The first-order valence-electron chi connectivity index (χ1n) is 6.37. The molecule has 2 aromatic carbocycles. The summed E-state index contributed by atoms with van der Waals surface area (Å²) in [5, 5.41) is 8.51. The monoisotopic (exact) mass is 282 g/mol. The number of aliphatic carboxylic acids is 1. The molecule has 106 valence electrons. The predicted octanol–water partition coefficient (Wildman–Crippen LogP) is 3.05. The molecule has 0 saturated heterocycles. The number of ketones is 1. The normalized spacial score (nSPS) is 10.5. The molecule has 0 atom stereocenters. The van der Waals surface area contributed by atoms with E-state index in [2.05, 4.69) is 0 Å². The fraction of sp³-hybridized carbons (Fsp3) is 0.0588. The van der Waals surface area contributed by atoms with Crippen molar-refractivity contribution in [2.45, 2.75) is 0 Å². The van der Waals surface area contributed by atoms with Crippen molar-refractivity contribution in [2.75, 3.05) is 6.61 Å². The second kappa shape index (κ2) is 7.05. The summed E-state index contributed by atoms with van der Waals surface area (Å²) in [6.45, 7) is -0.373. The van der Waals surface area contributed by atoms with Crippen LogP contribution in [0.25, 0.3) is 6.08 Å². The van der Waals surface area contributed by atoms with E-state index in [0.717, 1.165) is 5.56 Å². The number of hydrogen-bond acceptors (Lipinski definition) is 3. The van der Waals surface area contributed by atoms with Gasteiger partial charge in [-0.05, 0) is 23.8 Å². The Balaban J connectivity index is 1.98. The van der Waals surface area contributed by atoms with E-state index in [0.29, 0.717) is 11.3 Å². The minimum absolute atomic E-state index is 0.0678. The van der Waals surface area contributed by atoms with Gasteiger partial charge in [0.05, 0.1) is 0 Å². The summed E-state index contributed by atoms with van der Waals surface area (Å²) >= 11 is 0. The smallest absolute Gasteiger partial charge is 0.341 e. The molecule has 0 unspecified atom stereocenters. The Morgan fingerprint density at radius 3 is 2.29 bits per heavy atom. The standard InChI is InChI=1S/C17H14O4/c18-16(14-4-2-1-3-5-14)11-8-13-6-9-15(10-7-13)21-12-17(19)20/h1-11H,12H2,(H,19,20). The molecular weight excluding hydrogens is 268 g/mol. The Kier molecular flexibility index (Phi) is 4.88. The lowest BCUT2D eigenvalue weighted by molar-refractivity contribution is -0.139. The number of allylic oxidation sites excluding steroid dienone is 1. The first-order valence-corrected chi connectivity index (χ1v) is 6.37. The highest BCUT2D eigenvalue weighted by Crippen LogP contribution is 2.13. The second-order valence-electron chi connectivity index (χ2n) is 4.32. The average Bonchev–Trinajstić information content (AvgIpc) is 2.52. The van der Waals surface area contributed by atoms with Gasteiger partial charge in [-0.3, -0.25) is 4.79 Å². The minimum atomic E-state index is -1.02. The number of carboxylic acids is 1. The molecule has 0 bridgehead atoms. The van der Waals surface area contributed by atoms with Crippen LogP contribution in [0.5, 0.6) is 5.75 Å². The van der Waals surface area contributed by atoms with E-state index >= 15 is 0 Å². The molecule has 2 rings (SSSR count). The number of rotatable bonds is 6. The minimum Gasteiger partial charge on any atom is -0.482 e. The van der Waals surface area contributed by atoms with Crippen LogP contribution in [0.2, 0.25) is 0 Å². The number of ether oxygens (including phenoxy) is 1. The van der Waals surface area contributed by atoms with Crippen molar-refractivity contribution in [3.8, 4) is 5.75 Å². The number of carbonyl (C=O) groups is 2. The van der Waals surface area contributed by atoms with E-state index < -0.39 is 5.97 Å². The van der Waals surface area contributed by atoms with Crippen LogP contribution in [0.4, 0.5) is 0 Å². The third kappa shape index (κ3) is 4.62. The Morgan fingerprint density at radius 2 is 1.67 bits per heavy atom. The van der Waals surface area contributed by atoms with Gasteiger partial charge in [-0.15, -0.1) is 0 Å². The summed E-state index contributed by atoms with van der Waals surface area (Å²) in [5.74, 6) is -0.613. The maximum atomic E-state index is 11.9. The topological polar surface area (TPSA) is 63.6 Å². The molecule has 21 heavy (non-hydrogen) atoms. The zero-order chi connectivity index (χ0) is 15.1. The van der Waals surface area contributed by atoms with Crippen molar-refractivity contribution < 1.29 is 19.4 Å². The Labute approximate surface area is 122 Å². The summed E-state index contributed by atoms with van der Waals surface area (Å²) in [5.41, 5.74) is 1.47. The molecule has 0 aromatic heterocycles. The van der Waals surface area contributed by atoms with Gasteiger partial charge >= 0.3 is 5.97 Å². The maximum absolute atomic E-state index is 11.9. The Morgan fingerprint density at radius 1 is 1.00 bits per heavy atom. The van der Waals surface area contributed by atoms with E-state index in [1.807, 2.05) is 18.2 Å². The first kappa shape index (κ1) is 14.5. The van der Waals surface area contributed by atoms with E-state index in [1.165, 1.54) is 6.08 Å². The van der Waals surface area contributed by atoms with Gasteiger partial charge in [-0.2, -0.15) is 0 Å². The fourth-order valence-corrected chi connectivity index (χ4v) is 1.69. The molecule has 2 aromatic rings. The van der Waals surface area contributed by atoms with Crippen LogP contribution in [0.15, 0.2) is 60.7 Å². The van der Waals surface area contributed by atoms with Gasteiger partial charge in [0, 0.05) is 5.56 Å². The highest BCUT2D eigenvalue weighted by molar-refractivity contribution is 6.06. The molecule has 0 aliphatic heterocycles. The summed E-state index contributed by atoms with van der Waals surface area (Å²) in [7, 11) is 0. The van der Waals surface area contributed by atoms with Crippen molar-refractivity contribution >= 4 is 17.8 Å². The number of benzene rings is 2. The zero-order valence-electron chi connectivity index (χ0n) is 11.2. The molecule has 0 saturated carbocycles. The lowest BCUT2D eigenvalue weighted by Gasteiger charge is -2.02. The molecule has 4 heteroatoms. The highest BCUT2D eigenvalue weighted by atomic mass is 16.5. The number of carboxylic acid groups (broad SMARTS) is 1. The molecule has 0 radical (unpaired) electrons. The molecule has 0 heterocycles. The molecule has 0 fully saturated rings. The van der Waals surface area contributed by atoms with Gasteiger partial charge in [0.2, 0.25) is 0 Å². The third-order valence-electron chi connectivity index (χ3n) is 2.73. The van der Waals surface area contributed by atoms with Crippen molar-refractivity contribution in [2.24, 2.45) is 0 Å². The van der Waals surface area contributed by atoms with Gasteiger partial charge in [0.1, 0.15) is 5.75 Å². The lowest BCUT2D eigenvalue weighted by atomic mass is 10.1. The summed E-state index contributed by atoms with van der Waals surface area (Å²) in [6, 6.07) is 15.8. The quantitative estimate of drug-likeness (QED) is 0.653. The SMILES string of the molecule is O=C(O)COc1ccc(C=CC(=O)c2ccccc2)cc1. The Bertz CT molecular complexity index is 642. The first-order chi connectivity index (χ1) is 10.1. The third-order valence-corrected chi connectivity index (χ3v) is 2.73. The summed E-state index contributed by atoms with van der Waals surface area (Å²) in [6.07, 6.45) is 3.21. The summed E-state index contributed by atoms with van der Waals surface area (Å²) in [4.78, 5) is 22.3. The van der Waals surface area contributed by atoms with Gasteiger partial charge < -0.3 is 9.84 Å². The van der Waals surface area contributed by atoms with Crippen LogP contribution in [-0.2, 0) is 4.79 Å². The number of hydrogen-bond donors (Lipinski definition) is 1. The van der Waals surface area contributed by atoms with Crippen LogP contribution < -0.4 is 4.74 Å². The van der Waals surface area contributed by atoms with Gasteiger partial charge in [-0.1, -0.05) is 48.5 Å². The van der Waals surface area contributed by atoms with Gasteiger partial charge in [-0.25, -0.2) is 4.79 Å². The van der Waals surface area contributed by atoms with E-state index in [4.69, 9.17) is 9.84 Å². The van der Waals surface area contributed by atoms with Crippen LogP contribution in [0, 0.1) is 0 Å².